The van der Waals surface area contributed by atoms with Crippen LogP contribution in [0.1, 0.15) is 52.9 Å². The van der Waals surface area contributed by atoms with E-state index in [9.17, 15) is 18.0 Å². The first-order chi connectivity index (χ1) is 16.9. The Morgan fingerprint density at radius 3 is 2.25 bits per heavy atom. The van der Waals surface area contributed by atoms with Crippen LogP contribution in [0.4, 0.5) is 4.79 Å². The van der Waals surface area contributed by atoms with Crippen LogP contribution in [0.2, 0.25) is 0 Å². The van der Waals surface area contributed by atoms with E-state index >= 15 is 0 Å². The van der Waals surface area contributed by atoms with Crippen molar-refractivity contribution in [2.24, 2.45) is 0 Å². The molecule has 2 heterocycles. The maximum absolute atomic E-state index is 13.7. The average molecular weight is 522 g/mol. The lowest BCUT2D eigenvalue weighted by molar-refractivity contribution is -0.135. The summed E-state index contributed by atoms with van der Waals surface area (Å²) in [4.78, 5) is 32.9. The molecule has 4 rings (SSSR count). The molecular weight excluding hydrogens is 482 g/mol. The molecule has 0 bridgehead atoms. The van der Waals surface area contributed by atoms with Crippen LogP contribution in [0.15, 0.2) is 29.2 Å². The van der Waals surface area contributed by atoms with E-state index in [4.69, 9.17) is 9.47 Å². The number of rotatable bonds is 5. The van der Waals surface area contributed by atoms with Crippen molar-refractivity contribution in [1.29, 1.82) is 0 Å². The molecule has 2 aliphatic heterocycles. The zero-order chi connectivity index (χ0) is 26.1. The molecule has 2 atom stereocenters. The highest BCUT2D eigenvalue weighted by atomic mass is 32.2. The minimum atomic E-state index is -3.31. The monoisotopic (exact) mass is 521 g/mol. The van der Waals surface area contributed by atoms with Gasteiger partial charge in [-0.25, -0.2) is 13.2 Å². The molecule has 1 aliphatic carbocycles. The smallest absolute Gasteiger partial charge is 0.411 e. The number of hydrogen-bond donors (Lipinski definition) is 0. The number of carbonyl (C=O) groups is 2. The van der Waals surface area contributed by atoms with Gasteiger partial charge in [-0.2, -0.15) is 0 Å². The first kappa shape index (κ1) is 26.7. The van der Waals surface area contributed by atoms with E-state index in [0.29, 0.717) is 31.3 Å². The molecule has 2 amide bonds. The minimum Gasteiger partial charge on any atom is -0.488 e. The number of carbonyl (C=O) groups excluding carboxylic acids is 2. The summed E-state index contributed by atoms with van der Waals surface area (Å²) in [6.07, 6.45) is 5.28. The highest BCUT2D eigenvalue weighted by Crippen LogP contribution is 2.29. The Bertz CT molecular complexity index is 1050. The van der Waals surface area contributed by atoms with Crippen LogP contribution in [0.5, 0.6) is 5.75 Å². The molecule has 1 aromatic rings. The molecule has 200 valence electrons. The molecule has 0 N–H and O–H groups in total. The SMILES string of the molecule is CC(C)(C)OC(=O)N1CC(Oc2ccc(S(C)(=O)=O)cc2)CC1C(=O)N1CCCN(C2CCC2)CC1. The van der Waals surface area contributed by atoms with Gasteiger partial charge in [-0.05, 0) is 64.3 Å². The Hall–Kier alpha value is -2.33. The molecule has 0 aromatic heterocycles. The van der Waals surface area contributed by atoms with Crippen molar-refractivity contribution in [2.75, 3.05) is 39.0 Å². The van der Waals surface area contributed by atoms with Crippen molar-refractivity contribution in [3.05, 3.63) is 24.3 Å². The van der Waals surface area contributed by atoms with Gasteiger partial charge in [0.1, 0.15) is 23.5 Å². The van der Waals surface area contributed by atoms with Gasteiger partial charge in [-0.3, -0.25) is 14.6 Å². The Morgan fingerprint density at radius 2 is 1.67 bits per heavy atom. The van der Waals surface area contributed by atoms with Crippen LogP contribution in [-0.2, 0) is 19.4 Å². The van der Waals surface area contributed by atoms with Gasteiger partial charge in [0, 0.05) is 44.9 Å². The number of nitrogens with zero attached hydrogens (tertiary/aromatic N) is 3. The fraction of sp³-hybridized carbons (Fsp3) is 0.692. The largest absolute Gasteiger partial charge is 0.488 e. The van der Waals surface area contributed by atoms with Crippen LogP contribution in [0, 0.1) is 0 Å². The number of hydrogen-bond acceptors (Lipinski definition) is 7. The molecule has 1 aromatic carbocycles. The highest BCUT2D eigenvalue weighted by Gasteiger charge is 2.44. The molecule has 2 saturated heterocycles. The molecule has 0 radical (unpaired) electrons. The van der Waals surface area contributed by atoms with E-state index < -0.39 is 33.7 Å². The quantitative estimate of drug-likeness (QED) is 0.588. The number of ether oxygens (including phenoxy) is 2. The maximum Gasteiger partial charge on any atom is 0.411 e. The van der Waals surface area contributed by atoms with Gasteiger partial charge in [0.25, 0.3) is 0 Å². The van der Waals surface area contributed by atoms with Crippen molar-refractivity contribution in [3.8, 4) is 5.75 Å². The normalized spacial score (nSPS) is 24.2. The lowest BCUT2D eigenvalue weighted by atomic mass is 9.91. The zero-order valence-electron chi connectivity index (χ0n) is 21.8. The topological polar surface area (TPSA) is 96.5 Å². The summed E-state index contributed by atoms with van der Waals surface area (Å²) in [6.45, 7) is 8.84. The second-order valence-electron chi connectivity index (χ2n) is 11.2. The molecule has 3 fully saturated rings. The van der Waals surface area contributed by atoms with Crippen molar-refractivity contribution < 1.29 is 27.5 Å². The molecule has 1 saturated carbocycles. The average Bonchev–Trinajstić information content (AvgIpc) is 3.02. The molecule has 10 heteroatoms. The van der Waals surface area contributed by atoms with E-state index in [1.54, 1.807) is 32.9 Å². The summed E-state index contributed by atoms with van der Waals surface area (Å²) < 4.78 is 35.2. The van der Waals surface area contributed by atoms with Crippen LogP contribution in [0.25, 0.3) is 0 Å². The number of amides is 2. The third-order valence-electron chi connectivity index (χ3n) is 7.16. The van der Waals surface area contributed by atoms with Gasteiger partial charge in [-0.15, -0.1) is 0 Å². The fourth-order valence-electron chi connectivity index (χ4n) is 5.08. The maximum atomic E-state index is 13.7. The summed E-state index contributed by atoms with van der Waals surface area (Å²) >= 11 is 0. The highest BCUT2D eigenvalue weighted by molar-refractivity contribution is 7.90. The van der Waals surface area contributed by atoms with E-state index in [-0.39, 0.29) is 17.3 Å². The first-order valence-corrected chi connectivity index (χ1v) is 14.8. The Balaban J connectivity index is 1.46. The zero-order valence-corrected chi connectivity index (χ0v) is 22.6. The van der Waals surface area contributed by atoms with Gasteiger partial charge >= 0.3 is 6.09 Å². The minimum absolute atomic E-state index is 0.0603. The van der Waals surface area contributed by atoms with E-state index in [1.165, 1.54) is 36.3 Å². The van der Waals surface area contributed by atoms with Gasteiger partial charge in [0.15, 0.2) is 9.84 Å². The summed E-state index contributed by atoms with van der Waals surface area (Å²) in [5.74, 6) is 0.436. The van der Waals surface area contributed by atoms with Crippen LogP contribution < -0.4 is 4.74 Å². The summed E-state index contributed by atoms with van der Waals surface area (Å²) in [7, 11) is -3.31. The number of sulfone groups is 1. The molecule has 9 nitrogen and oxygen atoms in total. The molecule has 36 heavy (non-hydrogen) atoms. The van der Waals surface area contributed by atoms with Gasteiger partial charge in [-0.1, -0.05) is 6.42 Å². The Kier molecular flexibility index (Phi) is 7.85. The van der Waals surface area contributed by atoms with Gasteiger partial charge < -0.3 is 14.4 Å². The van der Waals surface area contributed by atoms with E-state index in [0.717, 1.165) is 25.8 Å². The van der Waals surface area contributed by atoms with Crippen molar-refractivity contribution in [3.63, 3.8) is 0 Å². The van der Waals surface area contributed by atoms with E-state index in [2.05, 4.69) is 4.90 Å². The Morgan fingerprint density at radius 1 is 0.972 bits per heavy atom. The van der Waals surface area contributed by atoms with Crippen molar-refractivity contribution in [2.45, 2.75) is 81.6 Å². The van der Waals surface area contributed by atoms with Gasteiger partial charge in [0.2, 0.25) is 5.91 Å². The summed E-state index contributed by atoms with van der Waals surface area (Å²) in [6, 6.07) is 6.20. The van der Waals surface area contributed by atoms with Crippen LogP contribution in [0.3, 0.4) is 0 Å². The molecule has 0 spiro atoms. The van der Waals surface area contributed by atoms with Crippen molar-refractivity contribution >= 4 is 21.8 Å². The first-order valence-electron chi connectivity index (χ1n) is 12.9. The number of benzene rings is 1. The fourth-order valence-corrected chi connectivity index (χ4v) is 5.71. The lowest BCUT2D eigenvalue weighted by Crippen LogP contribution is -2.50. The van der Waals surface area contributed by atoms with Crippen LogP contribution in [-0.4, -0.2) is 97.9 Å². The third kappa shape index (κ3) is 6.51. The van der Waals surface area contributed by atoms with Crippen LogP contribution >= 0.6 is 0 Å². The second-order valence-corrected chi connectivity index (χ2v) is 13.2. The van der Waals surface area contributed by atoms with Crippen molar-refractivity contribution in [1.82, 2.24) is 14.7 Å². The predicted molar refractivity (Wildman–Crippen MR) is 136 cm³/mol. The summed E-state index contributed by atoms with van der Waals surface area (Å²) in [5, 5.41) is 0. The molecule has 2 unspecified atom stereocenters. The third-order valence-corrected chi connectivity index (χ3v) is 8.29. The number of likely N-dealkylation sites (tertiary alicyclic amines) is 1. The van der Waals surface area contributed by atoms with Gasteiger partial charge in [0.05, 0.1) is 11.4 Å². The molecular formula is C26H39N3O6S. The standard InChI is InChI=1S/C26H39N3O6S/c1-26(2,3)35-25(31)29-18-21(34-20-9-11-22(12-10-20)36(4,32)33)17-23(29)24(30)28-14-6-13-27(15-16-28)19-7-5-8-19/h9-12,19,21,23H,5-8,13-18H2,1-4H3. The van der Waals surface area contributed by atoms with E-state index in [1.807, 2.05) is 4.90 Å². The predicted octanol–water partition coefficient (Wildman–Crippen LogP) is 2.93. The summed E-state index contributed by atoms with van der Waals surface area (Å²) in [5.41, 5.74) is -0.684. The second kappa shape index (κ2) is 10.6. The Labute approximate surface area is 214 Å². The lowest BCUT2D eigenvalue weighted by Gasteiger charge is -2.37. The molecule has 3 aliphatic rings.